The number of ether oxygens (including phenoxy) is 2. The van der Waals surface area contributed by atoms with Crippen molar-refractivity contribution in [3.05, 3.63) is 59.8 Å². The SMILES string of the molecule is COc1ccc(CN(CCc2c[nH]c3ccccc23)C(=O)CN(C(=O)C(C)(C)CCl)C2CC2)cc1OC. The van der Waals surface area contributed by atoms with Crippen LogP contribution in [0.25, 0.3) is 10.9 Å². The van der Waals surface area contributed by atoms with Crippen molar-refractivity contribution in [1.29, 1.82) is 0 Å². The quantitative estimate of drug-likeness (QED) is 0.337. The normalized spacial score (nSPS) is 13.4. The number of fused-ring (bicyclic) bond motifs is 1. The fraction of sp³-hybridized carbons (Fsp3) is 0.448. The summed E-state index contributed by atoms with van der Waals surface area (Å²) in [4.78, 5) is 33.9. The molecule has 0 bridgehead atoms. The van der Waals surface area contributed by atoms with Crippen LogP contribution in [0.3, 0.4) is 0 Å². The van der Waals surface area contributed by atoms with Crippen LogP contribution in [0.2, 0.25) is 0 Å². The van der Waals surface area contributed by atoms with E-state index >= 15 is 0 Å². The zero-order valence-electron chi connectivity index (χ0n) is 22.1. The number of aromatic nitrogens is 1. The van der Waals surface area contributed by atoms with Crippen LogP contribution >= 0.6 is 11.6 Å². The van der Waals surface area contributed by atoms with E-state index in [1.54, 1.807) is 19.1 Å². The maximum atomic E-state index is 13.7. The number of benzene rings is 2. The Bertz CT molecular complexity index is 1250. The van der Waals surface area contributed by atoms with Crippen molar-refractivity contribution in [3.63, 3.8) is 0 Å². The summed E-state index contributed by atoms with van der Waals surface area (Å²) in [5.74, 6) is 1.31. The number of hydrogen-bond acceptors (Lipinski definition) is 4. The smallest absolute Gasteiger partial charge is 0.242 e. The summed E-state index contributed by atoms with van der Waals surface area (Å²) in [5.41, 5.74) is 2.43. The van der Waals surface area contributed by atoms with Gasteiger partial charge in [0.05, 0.1) is 19.6 Å². The van der Waals surface area contributed by atoms with Gasteiger partial charge < -0.3 is 24.3 Å². The minimum atomic E-state index is -0.720. The molecule has 1 heterocycles. The van der Waals surface area contributed by atoms with Gasteiger partial charge in [0.1, 0.15) is 6.54 Å². The molecule has 2 amide bonds. The van der Waals surface area contributed by atoms with Gasteiger partial charge in [-0.2, -0.15) is 0 Å². The predicted octanol–water partition coefficient (Wildman–Crippen LogP) is 5.01. The second-order valence-corrected chi connectivity index (χ2v) is 10.6. The van der Waals surface area contributed by atoms with Gasteiger partial charge in [0.15, 0.2) is 11.5 Å². The van der Waals surface area contributed by atoms with Crippen LogP contribution in [0.4, 0.5) is 0 Å². The van der Waals surface area contributed by atoms with Gasteiger partial charge in [-0.25, -0.2) is 0 Å². The summed E-state index contributed by atoms with van der Waals surface area (Å²) in [7, 11) is 3.19. The molecular weight excluding hydrogens is 490 g/mol. The minimum Gasteiger partial charge on any atom is -0.493 e. The number of nitrogens with zero attached hydrogens (tertiary/aromatic N) is 2. The molecule has 0 aliphatic heterocycles. The van der Waals surface area contributed by atoms with Gasteiger partial charge in [0.25, 0.3) is 0 Å². The van der Waals surface area contributed by atoms with Gasteiger partial charge in [0, 0.05) is 42.1 Å². The van der Waals surface area contributed by atoms with E-state index < -0.39 is 5.41 Å². The zero-order valence-corrected chi connectivity index (χ0v) is 22.8. The van der Waals surface area contributed by atoms with E-state index in [4.69, 9.17) is 21.1 Å². The van der Waals surface area contributed by atoms with Crippen LogP contribution in [0.5, 0.6) is 11.5 Å². The minimum absolute atomic E-state index is 0.0466. The Morgan fingerprint density at radius 2 is 1.81 bits per heavy atom. The lowest BCUT2D eigenvalue weighted by Crippen LogP contribution is -2.49. The standard InChI is InChI=1S/C29H36ClN3O4/c1-29(2,19-30)28(35)33(22-10-11-22)18-27(34)32(17-20-9-12-25(36-3)26(15-20)37-4)14-13-21-16-31-24-8-6-5-7-23(21)24/h5-9,12,15-16,22,31H,10-11,13-14,17-19H2,1-4H3. The number of H-pyrrole nitrogens is 1. The van der Waals surface area contributed by atoms with Crippen LogP contribution in [0.1, 0.15) is 37.8 Å². The van der Waals surface area contributed by atoms with E-state index in [0.717, 1.165) is 34.9 Å². The molecule has 1 aliphatic carbocycles. The second-order valence-electron chi connectivity index (χ2n) is 10.3. The summed E-state index contributed by atoms with van der Waals surface area (Å²) in [6.45, 7) is 4.62. The Morgan fingerprint density at radius 1 is 1.08 bits per heavy atom. The van der Waals surface area contributed by atoms with E-state index in [-0.39, 0.29) is 30.3 Å². The highest BCUT2D eigenvalue weighted by Gasteiger charge is 2.40. The molecule has 4 rings (SSSR count). The van der Waals surface area contributed by atoms with Gasteiger partial charge in [-0.15, -0.1) is 11.6 Å². The number of carbonyl (C=O) groups excluding carboxylic acids is 2. The average Bonchev–Trinajstić information content (AvgIpc) is 3.68. The number of methoxy groups -OCH3 is 2. The molecule has 2 aromatic carbocycles. The van der Waals surface area contributed by atoms with Gasteiger partial charge in [-0.05, 0) is 62.4 Å². The van der Waals surface area contributed by atoms with Crippen molar-refractivity contribution in [3.8, 4) is 11.5 Å². The molecule has 8 heteroatoms. The van der Waals surface area contributed by atoms with E-state index in [2.05, 4.69) is 11.1 Å². The topological polar surface area (TPSA) is 74.9 Å². The third-order valence-electron chi connectivity index (χ3n) is 6.97. The first-order chi connectivity index (χ1) is 17.8. The number of halogens is 1. The molecule has 1 N–H and O–H groups in total. The molecule has 0 saturated heterocycles. The third-order valence-corrected chi connectivity index (χ3v) is 7.64. The first kappa shape index (κ1) is 26.9. The molecule has 0 radical (unpaired) electrons. The van der Waals surface area contributed by atoms with Gasteiger partial charge >= 0.3 is 0 Å². The molecular formula is C29H36ClN3O4. The lowest BCUT2D eigenvalue weighted by molar-refractivity contribution is -0.146. The highest BCUT2D eigenvalue weighted by molar-refractivity contribution is 6.19. The lowest BCUT2D eigenvalue weighted by atomic mass is 9.94. The van der Waals surface area contributed by atoms with Gasteiger partial charge in [-0.1, -0.05) is 24.3 Å². The van der Waals surface area contributed by atoms with Crippen molar-refractivity contribution in [2.24, 2.45) is 5.41 Å². The Kier molecular flexibility index (Phi) is 8.32. The molecule has 1 saturated carbocycles. The fourth-order valence-electron chi connectivity index (χ4n) is 4.53. The molecule has 0 unspecified atom stereocenters. The maximum absolute atomic E-state index is 13.7. The fourth-order valence-corrected chi connectivity index (χ4v) is 4.64. The lowest BCUT2D eigenvalue weighted by Gasteiger charge is -2.32. The van der Waals surface area contributed by atoms with Crippen molar-refractivity contribution >= 4 is 34.3 Å². The van der Waals surface area contributed by atoms with Crippen molar-refractivity contribution in [2.45, 2.75) is 45.7 Å². The summed E-state index contributed by atoms with van der Waals surface area (Å²) in [5, 5.41) is 1.15. The molecule has 37 heavy (non-hydrogen) atoms. The second kappa shape index (κ2) is 11.5. The molecule has 1 fully saturated rings. The number of hydrogen-bond donors (Lipinski definition) is 1. The third kappa shape index (κ3) is 6.21. The van der Waals surface area contributed by atoms with Crippen LogP contribution < -0.4 is 9.47 Å². The van der Waals surface area contributed by atoms with Gasteiger partial charge in [0.2, 0.25) is 11.8 Å². The zero-order chi connectivity index (χ0) is 26.6. The first-order valence-corrected chi connectivity index (χ1v) is 13.2. The van der Waals surface area contributed by atoms with Crippen molar-refractivity contribution in [1.82, 2.24) is 14.8 Å². The van der Waals surface area contributed by atoms with Gasteiger partial charge in [-0.3, -0.25) is 9.59 Å². The number of para-hydroxylation sites is 1. The van der Waals surface area contributed by atoms with E-state index in [1.807, 2.05) is 61.3 Å². The molecule has 1 aliphatic rings. The number of amides is 2. The van der Waals surface area contributed by atoms with E-state index in [9.17, 15) is 9.59 Å². The molecule has 0 spiro atoms. The van der Waals surface area contributed by atoms with E-state index in [1.165, 1.54) is 0 Å². The van der Waals surface area contributed by atoms with Crippen molar-refractivity contribution in [2.75, 3.05) is 33.2 Å². The molecule has 0 atom stereocenters. The van der Waals surface area contributed by atoms with Crippen LogP contribution in [0.15, 0.2) is 48.7 Å². The number of rotatable bonds is 12. The predicted molar refractivity (Wildman–Crippen MR) is 146 cm³/mol. The summed E-state index contributed by atoms with van der Waals surface area (Å²) >= 11 is 6.10. The number of nitrogens with one attached hydrogen (secondary N) is 1. The first-order valence-electron chi connectivity index (χ1n) is 12.7. The highest BCUT2D eigenvalue weighted by atomic mass is 35.5. The Hall–Kier alpha value is -3.19. The summed E-state index contributed by atoms with van der Waals surface area (Å²) < 4.78 is 10.8. The highest BCUT2D eigenvalue weighted by Crippen LogP contribution is 2.32. The van der Waals surface area contributed by atoms with Crippen LogP contribution in [-0.2, 0) is 22.6 Å². The Morgan fingerprint density at radius 3 is 2.49 bits per heavy atom. The monoisotopic (exact) mass is 525 g/mol. The Balaban J connectivity index is 1.57. The number of alkyl halides is 1. The summed E-state index contributed by atoms with van der Waals surface area (Å²) in [6, 6.07) is 13.9. The number of carbonyl (C=O) groups is 2. The average molecular weight is 526 g/mol. The maximum Gasteiger partial charge on any atom is 0.242 e. The number of aromatic amines is 1. The molecule has 7 nitrogen and oxygen atoms in total. The molecule has 198 valence electrons. The van der Waals surface area contributed by atoms with Crippen LogP contribution in [-0.4, -0.2) is 65.8 Å². The molecule has 1 aromatic heterocycles. The molecule has 3 aromatic rings. The largest absolute Gasteiger partial charge is 0.493 e. The van der Waals surface area contributed by atoms with Crippen LogP contribution in [0, 0.1) is 5.41 Å². The summed E-state index contributed by atoms with van der Waals surface area (Å²) in [6.07, 6.45) is 4.53. The van der Waals surface area contributed by atoms with Crippen molar-refractivity contribution < 1.29 is 19.1 Å². The Labute approximate surface area is 223 Å². The van der Waals surface area contributed by atoms with E-state index in [0.29, 0.717) is 31.0 Å².